The number of nitrogens with one attached hydrogen (secondary N) is 2. The van der Waals surface area contributed by atoms with Crippen molar-refractivity contribution in [3.63, 3.8) is 0 Å². The van der Waals surface area contributed by atoms with E-state index in [-0.39, 0.29) is 23.9 Å². The second kappa shape index (κ2) is 15.0. The van der Waals surface area contributed by atoms with Crippen LogP contribution in [0.1, 0.15) is 73.7 Å². The molecule has 8 heteroatoms. The smallest absolute Gasteiger partial charge is 0.251 e. The molecule has 2 aliphatic heterocycles. The second-order valence-corrected chi connectivity index (χ2v) is 11.7. The lowest BCUT2D eigenvalue weighted by atomic mass is 9.95. The maximum atomic E-state index is 13.9. The summed E-state index contributed by atoms with van der Waals surface area (Å²) in [6.07, 6.45) is 7.58. The van der Waals surface area contributed by atoms with Gasteiger partial charge in [-0.1, -0.05) is 73.3 Å². The Bertz CT molecular complexity index is 1080. The van der Waals surface area contributed by atoms with Crippen LogP contribution in [-0.4, -0.2) is 73.0 Å². The third-order valence-corrected chi connectivity index (χ3v) is 8.86. The zero-order valence-corrected chi connectivity index (χ0v) is 24.5. The molecule has 2 amide bonds. The van der Waals surface area contributed by atoms with Crippen LogP contribution in [0.2, 0.25) is 10.0 Å². The number of benzene rings is 2. The van der Waals surface area contributed by atoms with Gasteiger partial charge >= 0.3 is 0 Å². The number of hydrogen-bond acceptors (Lipinski definition) is 4. The molecule has 6 nitrogen and oxygen atoms in total. The highest BCUT2D eigenvalue weighted by atomic mass is 35.5. The van der Waals surface area contributed by atoms with Crippen LogP contribution in [-0.2, 0) is 4.79 Å². The van der Waals surface area contributed by atoms with Crippen LogP contribution in [0.5, 0.6) is 0 Å². The molecule has 2 heterocycles. The lowest BCUT2D eigenvalue weighted by Crippen LogP contribution is -2.50. The molecule has 3 atom stereocenters. The first kappa shape index (κ1) is 29.9. The molecule has 4 rings (SSSR count). The lowest BCUT2D eigenvalue weighted by Gasteiger charge is -2.29. The van der Waals surface area contributed by atoms with Gasteiger partial charge < -0.3 is 20.4 Å². The van der Waals surface area contributed by atoms with Gasteiger partial charge in [-0.25, -0.2) is 0 Å². The van der Waals surface area contributed by atoms with Gasteiger partial charge in [0.15, 0.2) is 0 Å². The number of carbonyl (C=O) groups is 2. The number of carbonyl (C=O) groups excluding carboxylic acids is 2. The van der Waals surface area contributed by atoms with Gasteiger partial charge in [0.05, 0.1) is 16.1 Å². The fourth-order valence-electron chi connectivity index (χ4n) is 5.72. The number of likely N-dealkylation sites (tertiary alicyclic amines) is 1. The minimum atomic E-state index is -0.268. The molecule has 0 radical (unpaired) electrons. The van der Waals surface area contributed by atoms with Gasteiger partial charge in [0, 0.05) is 43.7 Å². The van der Waals surface area contributed by atoms with Crippen LogP contribution in [0.25, 0.3) is 0 Å². The van der Waals surface area contributed by atoms with Crippen molar-refractivity contribution in [2.75, 3.05) is 39.3 Å². The lowest BCUT2D eigenvalue weighted by molar-refractivity contribution is -0.133. The van der Waals surface area contributed by atoms with E-state index in [2.05, 4.69) is 51.6 Å². The summed E-state index contributed by atoms with van der Waals surface area (Å²) in [5, 5.41) is 7.45. The number of hydrogen-bond donors (Lipinski definition) is 2. The van der Waals surface area contributed by atoms with Crippen LogP contribution >= 0.6 is 23.2 Å². The minimum absolute atomic E-state index is 0.00314. The molecule has 2 aromatic rings. The molecule has 0 saturated carbocycles. The summed E-state index contributed by atoms with van der Waals surface area (Å²) in [5.41, 5.74) is 1.75. The summed E-state index contributed by atoms with van der Waals surface area (Å²) in [7, 11) is 0. The summed E-state index contributed by atoms with van der Waals surface area (Å²) in [6.45, 7) is 7.15. The average molecular weight is 574 g/mol. The average Bonchev–Trinajstić information content (AvgIpc) is 3.30. The van der Waals surface area contributed by atoms with E-state index in [9.17, 15) is 9.59 Å². The predicted octanol–water partition coefficient (Wildman–Crippen LogP) is 5.74. The maximum Gasteiger partial charge on any atom is 0.251 e. The van der Waals surface area contributed by atoms with Crippen LogP contribution < -0.4 is 10.6 Å². The van der Waals surface area contributed by atoms with Crippen molar-refractivity contribution >= 4 is 35.0 Å². The number of amides is 2. The van der Waals surface area contributed by atoms with Gasteiger partial charge in [-0.2, -0.15) is 0 Å². The Morgan fingerprint density at radius 3 is 2.46 bits per heavy atom. The Morgan fingerprint density at radius 2 is 1.77 bits per heavy atom. The van der Waals surface area contributed by atoms with Crippen molar-refractivity contribution < 1.29 is 9.59 Å². The molecule has 0 spiro atoms. The van der Waals surface area contributed by atoms with Gasteiger partial charge in [-0.15, -0.1) is 0 Å². The summed E-state index contributed by atoms with van der Waals surface area (Å²) < 4.78 is 0. The molecule has 2 N–H and O–H groups in total. The highest BCUT2D eigenvalue weighted by molar-refractivity contribution is 6.42. The third-order valence-electron chi connectivity index (χ3n) is 8.12. The molecular weight excluding hydrogens is 531 g/mol. The van der Waals surface area contributed by atoms with E-state index in [0.717, 1.165) is 38.9 Å². The number of halogens is 2. The van der Waals surface area contributed by atoms with E-state index < -0.39 is 0 Å². The summed E-state index contributed by atoms with van der Waals surface area (Å²) >= 11 is 12.1. The van der Waals surface area contributed by atoms with Gasteiger partial charge in [0.1, 0.15) is 0 Å². The zero-order valence-electron chi connectivity index (χ0n) is 23.0. The van der Waals surface area contributed by atoms with Gasteiger partial charge in [-0.3, -0.25) is 9.59 Å². The molecule has 2 aliphatic rings. The summed E-state index contributed by atoms with van der Waals surface area (Å²) in [5.74, 6) is 0.281. The molecule has 0 bridgehead atoms. The molecule has 2 saturated heterocycles. The summed E-state index contributed by atoms with van der Waals surface area (Å²) in [6, 6.07) is 15.1. The topological polar surface area (TPSA) is 64.7 Å². The second-order valence-electron chi connectivity index (χ2n) is 10.9. The first-order valence-electron chi connectivity index (χ1n) is 14.5. The Morgan fingerprint density at radius 1 is 1.03 bits per heavy atom. The first-order valence-corrected chi connectivity index (χ1v) is 15.3. The van der Waals surface area contributed by atoms with Crippen LogP contribution in [0.3, 0.4) is 0 Å². The largest absolute Gasteiger partial charge is 0.350 e. The molecule has 0 aliphatic carbocycles. The van der Waals surface area contributed by atoms with Crippen LogP contribution in [0, 0.1) is 0 Å². The molecule has 212 valence electrons. The Balaban J connectivity index is 1.43. The number of nitrogens with zero attached hydrogens (tertiary/aromatic N) is 2. The molecule has 39 heavy (non-hydrogen) atoms. The van der Waals surface area contributed by atoms with Gasteiger partial charge in [0.2, 0.25) is 5.91 Å². The van der Waals surface area contributed by atoms with Crippen molar-refractivity contribution in [1.82, 2.24) is 20.4 Å². The van der Waals surface area contributed by atoms with E-state index >= 15 is 0 Å². The normalized spacial score (nSPS) is 21.7. The van der Waals surface area contributed by atoms with E-state index in [1.807, 2.05) is 6.07 Å². The van der Waals surface area contributed by atoms with E-state index in [1.165, 1.54) is 31.2 Å². The number of rotatable bonds is 10. The van der Waals surface area contributed by atoms with E-state index in [1.54, 1.807) is 18.2 Å². The fourth-order valence-corrected chi connectivity index (χ4v) is 6.02. The van der Waals surface area contributed by atoms with Crippen molar-refractivity contribution in [1.29, 1.82) is 0 Å². The quantitative estimate of drug-likeness (QED) is 0.381. The summed E-state index contributed by atoms with van der Waals surface area (Å²) in [4.78, 5) is 31.3. The van der Waals surface area contributed by atoms with Crippen LogP contribution in [0.15, 0.2) is 48.5 Å². The van der Waals surface area contributed by atoms with Gasteiger partial charge in [-0.05, 0) is 69.0 Å². The standard InChI is InChI=1S/C31H42Cl2N4O2/c1-2-23(24-10-6-5-7-11-24)22-37-19-14-26(21-34-30(38)25-12-13-27(32)28(33)20-25)35-29(31(37)39)15-18-36-16-8-3-4-9-17-36/h5-7,10-13,20,23,26,29,35H,2-4,8-9,14-19,21-22H2,1H3,(H,34,38)/t23-,26-,29-/m1/s1. The molecule has 0 aromatic heterocycles. The minimum Gasteiger partial charge on any atom is -0.350 e. The van der Waals surface area contributed by atoms with Crippen molar-refractivity contribution in [3.05, 3.63) is 69.7 Å². The molecule has 0 unspecified atom stereocenters. The Hall–Kier alpha value is -2.12. The Kier molecular flexibility index (Phi) is 11.5. The monoisotopic (exact) mass is 572 g/mol. The predicted molar refractivity (Wildman–Crippen MR) is 160 cm³/mol. The van der Waals surface area contributed by atoms with E-state index in [0.29, 0.717) is 41.2 Å². The third kappa shape index (κ3) is 8.68. The van der Waals surface area contributed by atoms with E-state index in [4.69, 9.17) is 23.2 Å². The molecule has 2 aromatic carbocycles. The molecule has 2 fully saturated rings. The fraction of sp³-hybridized carbons (Fsp3) is 0.548. The van der Waals surface area contributed by atoms with Gasteiger partial charge in [0.25, 0.3) is 5.91 Å². The van der Waals surface area contributed by atoms with Crippen LogP contribution in [0.4, 0.5) is 0 Å². The van der Waals surface area contributed by atoms with Crippen molar-refractivity contribution in [2.45, 2.75) is 69.9 Å². The highest BCUT2D eigenvalue weighted by Crippen LogP contribution is 2.24. The zero-order chi connectivity index (χ0) is 27.6. The van der Waals surface area contributed by atoms with Crippen molar-refractivity contribution in [2.24, 2.45) is 0 Å². The first-order chi connectivity index (χ1) is 18.9. The van der Waals surface area contributed by atoms with Crippen molar-refractivity contribution in [3.8, 4) is 0 Å². The Labute approximate surface area is 243 Å². The SMILES string of the molecule is CC[C@H](CN1CC[C@H](CNC(=O)c2ccc(Cl)c(Cl)c2)N[C@H](CCN2CCCCCC2)C1=O)c1ccccc1. The molecular formula is C31H42Cl2N4O2. The maximum absolute atomic E-state index is 13.9. The highest BCUT2D eigenvalue weighted by Gasteiger charge is 2.32.